The molecule has 110 valence electrons. The molecule has 0 saturated carbocycles. The molecule has 1 N–H and O–H groups in total. The van der Waals surface area contributed by atoms with Crippen molar-refractivity contribution >= 4 is 5.91 Å². The van der Waals surface area contributed by atoms with Gasteiger partial charge < -0.3 is 10.2 Å². The van der Waals surface area contributed by atoms with Crippen LogP contribution in [0.2, 0.25) is 0 Å². The molecule has 1 aliphatic heterocycles. The molecule has 1 saturated heterocycles. The van der Waals surface area contributed by atoms with E-state index in [4.69, 9.17) is 0 Å². The van der Waals surface area contributed by atoms with Crippen LogP contribution in [0.5, 0.6) is 0 Å². The van der Waals surface area contributed by atoms with E-state index in [1.807, 2.05) is 0 Å². The fourth-order valence-corrected chi connectivity index (χ4v) is 2.73. The maximum absolute atomic E-state index is 13.4. The first-order valence-electron chi connectivity index (χ1n) is 7.29. The van der Waals surface area contributed by atoms with Crippen LogP contribution in [0.15, 0.2) is 18.2 Å². The Morgan fingerprint density at radius 1 is 1.35 bits per heavy atom. The standard InChI is InChI=1S/C16H23FN2O/c1-12-9-14(11-15(17)10-12)16(20)19(2)8-5-13-3-6-18-7-4-13/h9-11,13,18H,3-8H2,1-2H3. The van der Waals surface area contributed by atoms with Crippen LogP contribution in [0.25, 0.3) is 0 Å². The van der Waals surface area contributed by atoms with Crippen molar-refractivity contribution in [3.05, 3.63) is 35.1 Å². The van der Waals surface area contributed by atoms with E-state index < -0.39 is 0 Å². The number of carbonyl (C=O) groups excluding carboxylic acids is 1. The minimum Gasteiger partial charge on any atom is -0.342 e. The third kappa shape index (κ3) is 4.04. The maximum atomic E-state index is 13.4. The van der Waals surface area contributed by atoms with E-state index in [9.17, 15) is 9.18 Å². The van der Waals surface area contributed by atoms with Gasteiger partial charge in [0.1, 0.15) is 5.82 Å². The van der Waals surface area contributed by atoms with Crippen molar-refractivity contribution < 1.29 is 9.18 Å². The number of rotatable bonds is 4. The number of piperidine rings is 1. The molecule has 0 spiro atoms. The summed E-state index contributed by atoms with van der Waals surface area (Å²) in [7, 11) is 1.80. The van der Waals surface area contributed by atoms with Crippen LogP contribution >= 0.6 is 0 Å². The van der Waals surface area contributed by atoms with Crippen molar-refractivity contribution in [2.75, 3.05) is 26.7 Å². The molecule has 0 unspecified atom stereocenters. The van der Waals surface area contributed by atoms with E-state index >= 15 is 0 Å². The SMILES string of the molecule is Cc1cc(F)cc(C(=O)N(C)CCC2CCNCC2)c1. The van der Waals surface area contributed by atoms with Crippen molar-refractivity contribution in [3.63, 3.8) is 0 Å². The van der Waals surface area contributed by atoms with Gasteiger partial charge in [0.2, 0.25) is 0 Å². The Morgan fingerprint density at radius 3 is 2.70 bits per heavy atom. The number of hydrogen-bond acceptors (Lipinski definition) is 2. The predicted octanol–water partition coefficient (Wildman–Crippen LogP) is 2.60. The van der Waals surface area contributed by atoms with E-state index in [1.165, 1.54) is 25.0 Å². The third-order valence-electron chi connectivity index (χ3n) is 3.97. The highest BCUT2D eigenvalue weighted by Gasteiger charge is 2.17. The molecular formula is C16H23FN2O. The fraction of sp³-hybridized carbons (Fsp3) is 0.562. The van der Waals surface area contributed by atoms with Crippen LogP contribution in [-0.2, 0) is 0 Å². The molecular weight excluding hydrogens is 255 g/mol. The Hall–Kier alpha value is -1.42. The molecule has 1 aliphatic rings. The predicted molar refractivity (Wildman–Crippen MR) is 78.3 cm³/mol. The Morgan fingerprint density at radius 2 is 2.05 bits per heavy atom. The second kappa shape index (κ2) is 6.84. The monoisotopic (exact) mass is 278 g/mol. The summed E-state index contributed by atoms with van der Waals surface area (Å²) in [4.78, 5) is 14.0. The van der Waals surface area contributed by atoms with Gasteiger partial charge in [-0.15, -0.1) is 0 Å². The van der Waals surface area contributed by atoms with Gasteiger partial charge in [-0.05, 0) is 69.0 Å². The van der Waals surface area contributed by atoms with E-state index in [0.29, 0.717) is 11.5 Å². The van der Waals surface area contributed by atoms with Crippen LogP contribution in [0.4, 0.5) is 4.39 Å². The van der Waals surface area contributed by atoms with E-state index in [-0.39, 0.29) is 11.7 Å². The zero-order valence-electron chi connectivity index (χ0n) is 12.3. The summed E-state index contributed by atoms with van der Waals surface area (Å²) < 4.78 is 13.4. The van der Waals surface area contributed by atoms with Crippen LogP contribution in [-0.4, -0.2) is 37.5 Å². The number of nitrogens with one attached hydrogen (secondary N) is 1. The van der Waals surface area contributed by atoms with Crippen molar-refractivity contribution in [3.8, 4) is 0 Å². The zero-order chi connectivity index (χ0) is 14.5. The lowest BCUT2D eigenvalue weighted by Gasteiger charge is -2.25. The summed E-state index contributed by atoms with van der Waals surface area (Å²) >= 11 is 0. The number of halogens is 1. The van der Waals surface area contributed by atoms with Gasteiger partial charge in [-0.3, -0.25) is 4.79 Å². The lowest BCUT2D eigenvalue weighted by atomic mass is 9.94. The van der Waals surface area contributed by atoms with Gasteiger partial charge in [0, 0.05) is 19.2 Å². The summed E-state index contributed by atoms with van der Waals surface area (Å²) in [6, 6.07) is 4.49. The van der Waals surface area contributed by atoms with Gasteiger partial charge in [0.25, 0.3) is 5.91 Å². The average molecular weight is 278 g/mol. The van der Waals surface area contributed by atoms with Gasteiger partial charge in [0.15, 0.2) is 0 Å². The van der Waals surface area contributed by atoms with Crippen LogP contribution in [0.3, 0.4) is 0 Å². The van der Waals surface area contributed by atoms with Crippen molar-refractivity contribution in [2.24, 2.45) is 5.92 Å². The van der Waals surface area contributed by atoms with E-state index in [0.717, 1.165) is 31.6 Å². The normalized spacial score (nSPS) is 16.1. The molecule has 0 atom stereocenters. The average Bonchev–Trinajstić information content (AvgIpc) is 2.44. The van der Waals surface area contributed by atoms with Crippen molar-refractivity contribution in [1.29, 1.82) is 0 Å². The minimum absolute atomic E-state index is 0.0958. The highest BCUT2D eigenvalue weighted by Crippen LogP contribution is 2.17. The number of nitrogens with zero attached hydrogens (tertiary/aromatic N) is 1. The molecule has 1 heterocycles. The molecule has 1 aromatic carbocycles. The maximum Gasteiger partial charge on any atom is 0.253 e. The minimum atomic E-state index is -0.347. The van der Waals surface area contributed by atoms with E-state index in [2.05, 4.69) is 5.32 Å². The second-order valence-corrected chi connectivity index (χ2v) is 5.73. The van der Waals surface area contributed by atoms with Gasteiger partial charge in [-0.25, -0.2) is 4.39 Å². The summed E-state index contributed by atoms with van der Waals surface area (Å²) in [5.41, 5.74) is 1.22. The number of carbonyl (C=O) groups is 1. The Labute approximate surface area is 120 Å². The Balaban J connectivity index is 1.90. The fourth-order valence-electron chi connectivity index (χ4n) is 2.73. The van der Waals surface area contributed by atoms with Gasteiger partial charge in [-0.1, -0.05) is 0 Å². The van der Waals surface area contributed by atoms with Crippen LogP contribution in [0.1, 0.15) is 35.2 Å². The van der Waals surface area contributed by atoms with Crippen LogP contribution < -0.4 is 5.32 Å². The van der Waals surface area contributed by atoms with Crippen molar-refractivity contribution in [2.45, 2.75) is 26.2 Å². The molecule has 2 rings (SSSR count). The van der Waals surface area contributed by atoms with Crippen LogP contribution in [0, 0.1) is 18.7 Å². The number of aryl methyl sites for hydroxylation is 1. The first-order valence-corrected chi connectivity index (χ1v) is 7.29. The molecule has 0 aromatic heterocycles. The summed E-state index contributed by atoms with van der Waals surface area (Å²) in [6.45, 7) is 4.69. The molecule has 0 radical (unpaired) electrons. The first kappa shape index (κ1) is 15.0. The summed E-state index contributed by atoms with van der Waals surface area (Å²) in [6.07, 6.45) is 3.39. The molecule has 1 aromatic rings. The molecule has 0 bridgehead atoms. The number of hydrogen-bond donors (Lipinski definition) is 1. The molecule has 0 aliphatic carbocycles. The summed E-state index contributed by atoms with van der Waals surface area (Å²) in [5.74, 6) is 0.252. The molecule has 20 heavy (non-hydrogen) atoms. The highest BCUT2D eigenvalue weighted by molar-refractivity contribution is 5.94. The largest absolute Gasteiger partial charge is 0.342 e. The quantitative estimate of drug-likeness (QED) is 0.918. The first-order chi connectivity index (χ1) is 9.56. The Bertz CT molecular complexity index is 449. The van der Waals surface area contributed by atoms with Crippen molar-refractivity contribution in [1.82, 2.24) is 10.2 Å². The third-order valence-corrected chi connectivity index (χ3v) is 3.97. The molecule has 1 fully saturated rings. The Kier molecular flexibility index (Phi) is 5.12. The van der Waals surface area contributed by atoms with Gasteiger partial charge >= 0.3 is 0 Å². The molecule has 3 nitrogen and oxygen atoms in total. The van der Waals surface area contributed by atoms with Gasteiger partial charge in [-0.2, -0.15) is 0 Å². The lowest BCUT2D eigenvalue weighted by Crippen LogP contribution is -2.32. The zero-order valence-corrected chi connectivity index (χ0v) is 12.3. The number of benzene rings is 1. The number of amides is 1. The highest BCUT2D eigenvalue weighted by atomic mass is 19.1. The topological polar surface area (TPSA) is 32.3 Å². The van der Waals surface area contributed by atoms with E-state index in [1.54, 1.807) is 24.9 Å². The molecule has 1 amide bonds. The smallest absolute Gasteiger partial charge is 0.253 e. The molecule has 4 heteroatoms. The second-order valence-electron chi connectivity index (χ2n) is 5.73. The summed E-state index contributed by atoms with van der Waals surface area (Å²) in [5, 5.41) is 3.34. The van der Waals surface area contributed by atoms with Gasteiger partial charge in [0.05, 0.1) is 0 Å². The lowest BCUT2D eigenvalue weighted by molar-refractivity contribution is 0.0784.